The molecule has 100 valence electrons. The van der Waals surface area contributed by atoms with Gasteiger partial charge in [-0.15, -0.1) is 31.2 Å². The third-order valence-electron chi connectivity index (χ3n) is 0.586. The third-order valence-corrected chi connectivity index (χ3v) is 0.586. The summed E-state index contributed by atoms with van der Waals surface area (Å²) < 4.78 is 0. The number of hydrogen-bond donors (Lipinski definition) is 1. The van der Waals surface area contributed by atoms with E-state index in [-0.39, 0.29) is 83.7 Å². The number of aliphatic hydroxyl groups is 1. The van der Waals surface area contributed by atoms with Gasteiger partial charge in [-0.1, -0.05) is 0 Å². The van der Waals surface area contributed by atoms with E-state index < -0.39 is 0 Å². The van der Waals surface area contributed by atoms with E-state index >= 15 is 0 Å². The van der Waals surface area contributed by atoms with Crippen molar-refractivity contribution >= 4 is 24.8 Å². The molecule has 0 aromatic rings. The van der Waals surface area contributed by atoms with Gasteiger partial charge in [-0.3, -0.25) is 6.08 Å². The SMILES string of the molecule is CO.Cl.Cl.[C-]1=CC=CC1.[CH3-].[CH3-].[CH3-].[CH3-].[CH3-].[Ti]. The second-order valence-corrected chi connectivity index (χ2v) is 1.00. The van der Waals surface area contributed by atoms with Crippen LogP contribution in [0.15, 0.2) is 18.2 Å². The normalized spacial score (nSPS) is 6.27. The van der Waals surface area contributed by atoms with Crippen molar-refractivity contribution < 1.29 is 26.8 Å². The van der Waals surface area contributed by atoms with Gasteiger partial charge >= 0.3 is 0 Å². The van der Waals surface area contributed by atoms with E-state index in [4.69, 9.17) is 5.11 Å². The second-order valence-electron chi connectivity index (χ2n) is 1.00. The molecule has 15 heavy (non-hydrogen) atoms. The maximum absolute atomic E-state index is 7.00. The first kappa shape index (κ1) is 75.3. The summed E-state index contributed by atoms with van der Waals surface area (Å²) in [4.78, 5) is 0. The predicted molar refractivity (Wildman–Crippen MR) is 76.3 cm³/mol. The maximum atomic E-state index is 7.00. The number of halogens is 2. The first-order chi connectivity index (χ1) is 3.50. The molecule has 0 aromatic carbocycles. The zero-order chi connectivity index (χ0) is 5.54. The van der Waals surface area contributed by atoms with E-state index in [0.29, 0.717) is 0 Å². The molecule has 0 unspecified atom stereocenters. The summed E-state index contributed by atoms with van der Waals surface area (Å²) in [5, 5.41) is 7.00. The Morgan fingerprint density at radius 3 is 1.33 bits per heavy atom. The number of aliphatic hydroxyl groups excluding tert-OH is 1. The minimum Gasteiger partial charge on any atom is -0.400 e. The fourth-order valence-electron chi connectivity index (χ4n) is 0.340. The first-order valence-corrected chi connectivity index (χ1v) is 2.16. The average Bonchev–Trinajstić information content (AvgIpc) is 2.23. The quantitative estimate of drug-likeness (QED) is 0.528. The summed E-state index contributed by atoms with van der Waals surface area (Å²) in [7, 11) is 1.00. The molecule has 0 aromatic heterocycles. The van der Waals surface area contributed by atoms with Crippen molar-refractivity contribution in [1.82, 2.24) is 0 Å². The third kappa shape index (κ3) is 72.7. The Morgan fingerprint density at radius 2 is 1.27 bits per heavy atom. The molecule has 1 nitrogen and oxygen atoms in total. The zero-order valence-corrected chi connectivity index (χ0v) is 13.9. The van der Waals surface area contributed by atoms with Crippen LogP contribution in [-0.2, 0) is 21.7 Å². The Balaban J connectivity index is -0.00000000495. The summed E-state index contributed by atoms with van der Waals surface area (Å²) in [6, 6.07) is 0. The number of rotatable bonds is 0. The molecule has 0 spiro atoms. The molecule has 0 atom stereocenters. The van der Waals surface area contributed by atoms with Crippen molar-refractivity contribution in [2.75, 3.05) is 7.11 Å². The summed E-state index contributed by atoms with van der Waals surface area (Å²) >= 11 is 0. The van der Waals surface area contributed by atoms with Crippen molar-refractivity contribution in [3.05, 3.63) is 61.4 Å². The van der Waals surface area contributed by atoms with Crippen molar-refractivity contribution in [2.45, 2.75) is 6.42 Å². The second kappa shape index (κ2) is 84.5. The first-order valence-electron chi connectivity index (χ1n) is 2.16. The summed E-state index contributed by atoms with van der Waals surface area (Å²) in [6.45, 7) is 0. The molecule has 0 fully saturated rings. The maximum Gasteiger partial charge on any atom is 0.0319 e. The van der Waals surface area contributed by atoms with Crippen LogP contribution in [0.25, 0.3) is 0 Å². The minimum atomic E-state index is 0. The Kier molecular flexibility index (Phi) is 424. The predicted octanol–water partition coefficient (Wildman–Crippen LogP) is 4.01. The Labute approximate surface area is 126 Å². The summed E-state index contributed by atoms with van der Waals surface area (Å²) in [5.74, 6) is 0. The largest absolute Gasteiger partial charge is 0.400 e. The monoisotopic (exact) mass is 292 g/mol. The van der Waals surface area contributed by atoms with Crippen LogP contribution in [0.1, 0.15) is 6.42 Å². The van der Waals surface area contributed by atoms with Crippen LogP contribution < -0.4 is 0 Å². The van der Waals surface area contributed by atoms with Gasteiger partial charge in [-0.2, -0.15) is 6.08 Å². The molecule has 0 aliphatic heterocycles. The van der Waals surface area contributed by atoms with Gasteiger partial charge in [0, 0.05) is 28.8 Å². The number of allylic oxidation sites excluding steroid dienone is 4. The van der Waals surface area contributed by atoms with E-state index in [1.165, 1.54) is 0 Å². The van der Waals surface area contributed by atoms with E-state index in [1.54, 1.807) is 0 Å². The van der Waals surface area contributed by atoms with Gasteiger partial charge in [-0.25, -0.2) is 12.2 Å². The average molecular weight is 293 g/mol. The molecule has 0 bridgehead atoms. The number of hydrogen-bond acceptors (Lipinski definition) is 1. The van der Waals surface area contributed by atoms with Crippen molar-refractivity contribution in [2.24, 2.45) is 0 Å². The molecule has 1 N–H and O–H groups in total. The molecule has 0 saturated carbocycles. The van der Waals surface area contributed by atoms with E-state index in [9.17, 15) is 0 Å². The van der Waals surface area contributed by atoms with Crippen LogP contribution in [0, 0.1) is 43.2 Å². The Bertz CT molecular complexity index is 76.7. The standard InChI is InChI=1S/C5H5.CH4O.5CH3.2ClH.Ti/c1-2-4-5-3-1;1-2;;;;;;;;/h1-3H,4H2;2H,1H3;5*1H3;2*1H;/q-1;;5*-1;;;. The van der Waals surface area contributed by atoms with Crippen LogP contribution >= 0.6 is 24.8 Å². The Hall–Kier alpha value is 0.734. The molecule has 4 heteroatoms. The van der Waals surface area contributed by atoms with Gasteiger partial charge in [0.05, 0.1) is 0 Å². The van der Waals surface area contributed by atoms with Gasteiger partial charge in [0.1, 0.15) is 0 Å². The smallest absolute Gasteiger partial charge is 0.0319 e. The van der Waals surface area contributed by atoms with Crippen molar-refractivity contribution in [3.8, 4) is 0 Å². The molecule has 1 aliphatic carbocycles. The molecule has 1 rings (SSSR count). The Morgan fingerprint density at radius 1 is 0.933 bits per heavy atom. The summed E-state index contributed by atoms with van der Waals surface area (Å²) in [5.41, 5.74) is 0. The van der Waals surface area contributed by atoms with Crippen LogP contribution in [0.2, 0.25) is 0 Å². The zero-order valence-electron chi connectivity index (χ0n) is 10.7. The van der Waals surface area contributed by atoms with Crippen molar-refractivity contribution in [1.29, 1.82) is 0 Å². The fourth-order valence-corrected chi connectivity index (χ4v) is 0.340. The van der Waals surface area contributed by atoms with E-state index in [2.05, 4.69) is 12.2 Å². The van der Waals surface area contributed by atoms with Gasteiger partial charge in [-0.05, 0) is 0 Å². The topological polar surface area (TPSA) is 20.2 Å². The minimum absolute atomic E-state index is 0. The van der Waals surface area contributed by atoms with E-state index in [1.807, 2.05) is 12.2 Å². The van der Waals surface area contributed by atoms with Crippen LogP contribution in [0.3, 0.4) is 0 Å². The molecule has 0 heterocycles. The van der Waals surface area contributed by atoms with Crippen LogP contribution in [0.5, 0.6) is 0 Å². The molecule has 0 radical (unpaired) electrons. The van der Waals surface area contributed by atoms with Gasteiger partial charge in [0.25, 0.3) is 0 Å². The molecule has 0 saturated heterocycles. The molecular formula is C11H26Cl2OTi-6. The molecular weight excluding hydrogens is 267 g/mol. The van der Waals surface area contributed by atoms with Crippen molar-refractivity contribution in [3.63, 3.8) is 0 Å². The summed E-state index contributed by atoms with van der Waals surface area (Å²) in [6.07, 6.45) is 10.0. The van der Waals surface area contributed by atoms with Gasteiger partial charge in [0.15, 0.2) is 0 Å². The molecule has 0 amide bonds. The van der Waals surface area contributed by atoms with E-state index in [0.717, 1.165) is 13.5 Å². The van der Waals surface area contributed by atoms with Crippen LogP contribution in [-0.4, -0.2) is 12.2 Å². The van der Waals surface area contributed by atoms with Crippen LogP contribution in [0.4, 0.5) is 0 Å². The molecule has 1 aliphatic rings. The van der Waals surface area contributed by atoms with Gasteiger partial charge < -0.3 is 42.2 Å². The van der Waals surface area contributed by atoms with Gasteiger partial charge in [0.2, 0.25) is 0 Å². The fraction of sp³-hybridized carbons (Fsp3) is 0.182.